The van der Waals surface area contributed by atoms with Crippen LogP contribution in [0.5, 0.6) is 0 Å². The zero-order valence-corrected chi connectivity index (χ0v) is 19.1. The second kappa shape index (κ2) is 7.60. The molecule has 2 aromatic heterocycles. The summed E-state index contributed by atoms with van der Waals surface area (Å²) in [5, 5.41) is 24.6. The average Bonchev–Trinajstić information content (AvgIpc) is 3.51. The number of aromatic amines is 2. The normalized spacial score (nSPS) is 11.3. The molecule has 7 rings (SSSR count). The molecule has 2 N–H and O–H groups in total. The maximum Gasteiger partial charge on any atom is 0.0998 e. The first-order valence-corrected chi connectivity index (χ1v) is 11.7. The highest BCUT2D eigenvalue weighted by atomic mass is 14.7. The zero-order chi connectivity index (χ0) is 24.2. The number of para-hydroxylation sites is 4. The van der Waals surface area contributed by atoms with Crippen LogP contribution in [0.1, 0.15) is 11.1 Å². The maximum absolute atomic E-state index is 10.1. The molecular weight excluding hydrogens is 440 g/mol. The molecule has 0 aliphatic rings. The topological polar surface area (TPSA) is 79.2 Å². The maximum atomic E-state index is 10.1. The molecule has 0 spiro atoms. The number of hydrogen-bond acceptors (Lipinski definition) is 2. The van der Waals surface area contributed by atoms with Crippen molar-refractivity contribution in [1.82, 2.24) is 9.97 Å². The van der Waals surface area contributed by atoms with Gasteiger partial charge in [-0.15, -0.1) is 0 Å². The van der Waals surface area contributed by atoms with Crippen molar-refractivity contribution in [3.05, 3.63) is 108 Å². The Morgan fingerprint density at radius 1 is 0.444 bits per heavy atom. The molecule has 0 unspecified atom stereocenters. The Labute approximate surface area is 206 Å². The van der Waals surface area contributed by atoms with Crippen molar-refractivity contribution < 1.29 is 0 Å². The van der Waals surface area contributed by atoms with E-state index in [4.69, 9.17) is 0 Å². The summed E-state index contributed by atoms with van der Waals surface area (Å²) >= 11 is 0. The van der Waals surface area contributed by atoms with E-state index in [0.29, 0.717) is 11.1 Å². The summed E-state index contributed by atoms with van der Waals surface area (Å²) < 4.78 is 0. The quantitative estimate of drug-likeness (QED) is 0.275. The van der Waals surface area contributed by atoms with Gasteiger partial charge in [0.25, 0.3) is 0 Å². The van der Waals surface area contributed by atoms with Gasteiger partial charge in [-0.2, -0.15) is 10.5 Å². The molecule has 0 saturated carbocycles. The standard InChI is InChI=1S/C32H18N4/c33-17-19-15-20(18-34)28(26-12-6-10-24-22-8-2-4-14-30(22)36-32(24)26)16-27(19)25-11-5-9-23-21-7-1-3-13-29(21)35-31(23)25/h1-16,35-36H. The van der Waals surface area contributed by atoms with Crippen LogP contribution in [0.3, 0.4) is 0 Å². The largest absolute Gasteiger partial charge is 0.354 e. The van der Waals surface area contributed by atoms with Crippen LogP contribution in [-0.2, 0) is 0 Å². The van der Waals surface area contributed by atoms with Crippen molar-refractivity contribution in [2.45, 2.75) is 0 Å². The van der Waals surface area contributed by atoms with Crippen LogP contribution in [-0.4, -0.2) is 9.97 Å². The molecule has 0 aliphatic carbocycles. The molecule has 0 amide bonds. The van der Waals surface area contributed by atoms with Crippen molar-refractivity contribution in [1.29, 1.82) is 10.5 Å². The molecular formula is C32H18N4. The van der Waals surface area contributed by atoms with E-state index in [2.05, 4.69) is 58.5 Å². The molecule has 0 aliphatic heterocycles. The van der Waals surface area contributed by atoms with Crippen molar-refractivity contribution >= 4 is 43.6 Å². The van der Waals surface area contributed by atoms with Crippen molar-refractivity contribution in [2.24, 2.45) is 0 Å². The Kier molecular flexibility index (Phi) is 4.24. The van der Waals surface area contributed by atoms with E-state index in [1.807, 2.05) is 54.6 Å². The SMILES string of the molecule is N#Cc1cc(C#N)c(-c2cccc3c2[nH]c2ccccc23)cc1-c1cccc2c1[nH]c1ccccc12. The summed E-state index contributed by atoms with van der Waals surface area (Å²) in [4.78, 5) is 7.10. The first kappa shape index (κ1) is 20.1. The van der Waals surface area contributed by atoms with E-state index in [1.54, 1.807) is 6.07 Å². The highest BCUT2D eigenvalue weighted by molar-refractivity contribution is 6.14. The summed E-state index contributed by atoms with van der Waals surface area (Å²) in [7, 11) is 0. The summed E-state index contributed by atoms with van der Waals surface area (Å²) in [5.41, 5.74) is 8.50. The van der Waals surface area contributed by atoms with Crippen molar-refractivity contribution in [3.63, 3.8) is 0 Å². The molecule has 0 atom stereocenters. The molecule has 4 heteroatoms. The Bertz CT molecular complexity index is 1930. The van der Waals surface area contributed by atoms with Crippen LogP contribution in [0.4, 0.5) is 0 Å². The van der Waals surface area contributed by atoms with Gasteiger partial charge in [0, 0.05) is 54.8 Å². The van der Waals surface area contributed by atoms with Gasteiger partial charge in [-0.3, -0.25) is 0 Å². The number of benzene rings is 5. The van der Waals surface area contributed by atoms with Gasteiger partial charge >= 0.3 is 0 Å². The minimum Gasteiger partial charge on any atom is -0.354 e. The third-order valence-corrected chi connectivity index (χ3v) is 7.06. The van der Waals surface area contributed by atoms with Gasteiger partial charge in [-0.05, 0) is 24.3 Å². The number of nitriles is 2. The summed E-state index contributed by atoms with van der Waals surface area (Å²) in [5.74, 6) is 0. The first-order valence-electron chi connectivity index (χ1n) is 11.7. The van der Waals surface area contributed by atoms with Gasteiger partial charge in [0.05, 0.1) is 34.3 Å². The second-order valence-electron chi connectivity index (χ2n) is 8.96. The van der Waals surface area contributed by atoms with Crippen molar-refractivity contribution in [2.75, 3.05) is 0 Å². The molecule has 0 fully saturated rings. The number of rotatable bonds is 2. The van der Waals surface area contributed by atoms with E-state index < -0.39 is 0 Å². The predicted molar refractivity (Wildman–Crippen MR) is 145 cm³/mol. The molecule has 0 radical (unpaired) electrons. The lowest BCUT2D eigenvalue weighted by molar-refractivity contribution is 1.44. The number of nitrogens with one attached hydrogen (secondary N) is 2. The number of aromatic nitrogens is 2. The lowest BCUT2D eigenvalue weighted by Gasteiger charge is -2.12. The van der Waals surface area contributed by atoms with E-state index in [9.17, 15) is 10.5 Å². The fourth-order valence-electron chi connectivity index (χ4n) is 5.43. The monoisotopic (exact) mass is 458 g/mol. The van der Waals surface area contributed by atoms with E-state index in [0.717, 1.165) is 65.9 Å². The van der Waals surface area contributed by atoms with Gasteiger partial charge < -0.3 is 9.97 Å². The summed E-state index contributed by atoms with van der Waals surface area (Å²) in [6.07, 6.45) is 0. The van der Waals surface area contributed by atoms with Crippen LogP contribution in [0.2, 0.25) is 0 Å². The predicted octanol–water partition coefficient (Wildman–Crippen LogP) is 8.03. The van der Waals surface area contributed by atoms with E-state index >= 15 is 0 Å². The molecule has 4 nitrogen and oxygen atoms in total. The zero-order valence-electron chi connectivity index (χ0n) is 19.1. The third kappa shape index (κ3) is 2.79. The fourth-order valence-corrected chi connectivity index (χ4v) is 5.43. The van der Waals surface area contributed by atoms with Gasteiger partial charge in [0.2, 0.25) is 0 Å². The lowest BCUT2D eigenvalue weighted by atomic mass is 9.90. The molecule has 36 heavy (non-hydrogen) atoms. The number of fused-ring (bicyclic) bond motifs is 6. The van der Waals surface area contributed by atoms with E-state index in [1.165, 1.54) is 0 Å². The highest BCUT2D eigenvalue weighted by Crippen LogP contribution is 2.40. The molecule has 2 heterocycles. The van der Waals surface area contributed by atoms with Crippen LogP contribution < -0.4 is 0 Å². The van der Waals surface area contributed by atoms with Crippen molar-refractivity contribution in [3.8, 4) is 34.4 Å². The highest BCUT2D eigenvalue weighted by Gasteiger charge is 2.18. The average molecular weight is 459 g/mol. The molecule has 5 aromatic carbocycles. The molecule has 0 bridgehead atoms. The van der Waals surface area contributed by atoms with Crippen LogP contribution in [0.15, 0.2) is 97.1 Å². The van der Waals surface area contributed by atoms with Gasteiger partial charge in [0.15, 0.2) is 0 Å². The van der Waals surface area contributed by atoms with E-state index in [-0.39, 0.29) is 0 Å². The molecule has 0 saturated heterocycles. The van der Waals surface area contributed by atoms with Crippen LogP contribution in [0, 0.1) is 22.7 Å². The molecule has 166 valence electrons. The summed E-state index contributed by atoms with van der Waals surface area (Å²) in [6.45, 7) is 0. The van der Waals surface area contributed by atoms with Gasteiger partial charge in [-0.25, -0.2) is 0 Å². The third-order valence-electron chi connectivity index (χ3n) is 7.06. The second-order valence-corrected chi connectivity index (χ2v) is 8.96. The lowest BCUT2D eigenvalue weighted by Crippen LogP contribution is -1.93. The number of H-pyrrole nitrogens is 2. The Hall–Kier alpha value is -5.32. The Morgan fingerprint density at radius 2 is 0.889 bits per heavy atom. The Morgan fingerprint density at radius 3 is 1.36 bits per heavy atom. The summed E-state index contributed by atoms with van der Waals surface area (Å²) in [6, 6.07) is 37.1. The minimum atomic E-state index is 0.477. The van der Waals surface area contributed by atoms with Gasteiger partial charge in [0.1, 0.15) is 0 Å². The minimum absolute atomic E-state index is 0.477. The fraction of sp³-hybridized carbons (Fsp3) is 0. The van der Waals surface area contributed by atoms with Crippen LogP contribution in [0.25, 0.3) is 65.9 Å². The molecule has 7 aromatic rings. The number of nitrogens with zero attached hydrogens (tertiary/aromatic N) is 2. The smallest absolute Gasteiger partial charge is 0.0998 e. The number of hydrogen-bond donors (Lipinski definition) is 2. The van der Waals surface area contributed by atoms with Gasteiger partial charge in [-0.1, -0.05) is 72.8 Å². The first-order chi connectivity index (χ1) is 17.8. The van der Waals surface area contributed by atoms with Crippen LogP contribution >= 0.6 is 0 Å². The Balaban J connectivity index is 1.56.